The van der Waals surface area contributed by atoms with E-state index in [0.29, 0.717) is 12.2 Å². The average Bonchev–Trinajstić information content (AvgIpc) is 2.48. The zero-order chi connectivity index (χ0) is 16.5. The highest BCUT2D eigenvalue weighted by Crippen LogP contribution is 2.11. The van der Waals surface area contributed by atoms with Crippen LogP contribution in [0.15, 0.2) is 24.3 Å². The molecule has 116 valence electrons. The van der Waals surface area contributed by atoms with Crippen molar-refractivity contribution in [1.29, 1.82) is 5.26 Å². The van der Waals surface area contributed by atoms with Crippen molar-refractivity contribution in [2.75, 3.05) is 11.9 Å². The van der Waals surface area contributed by atoms with Gasteiger partial charge in [-0.15, -0.1) is 0 Å². The number of amides is 2. The summed E-state index contributed by atoms with van der Waals surface area (Å²) in [6.45, 7) is 3.71. The SMILES string of the molecule is CCNC(=O)[C@H](C)OC(=O)c1ccc(NC(=O)CC#N)cc1. The number of hydrogen-bond donors (Lipinski definition) is 2. The minimum atomic E-state index is -0.887. The van der Waals surface area contributed by atoms with Gasteiger partial charge in [-0.3, -0.25) is 9.59 Å². The molecule has 1 rings (SSSR count). The van der Waals surface area contributed by atoms with Crippen LogP contribution in [-0.4, -0.2) is 30.4 Å². The Morgan fingerprint density at radius 3 is 2.45 bits per heavy atom. The molecule has 0 radical (unpaired) electrons. The molecule has 2 N–H and O–H groups in total. The molecule has 0 aliphatic rings. The Morgan fingerprint density at radius 1 is 1.27 bits per heavy atom. The Balaban J connectivity index is 2.62. The molecule has 22 heavy (non-hydrogen) atoms. The number of benzene rings is 1. The molecular formula is C15H17N3O4. The second kappa shape index (κ2) is 8.42. The number of nitriles is 1. The molecule has 2 amide bonds. The van der Waals surface area contributed by atoms with Crippen molar-refractivity contribution >= 4 is 23.5 Å². The van der Waals surface area contributed by atoms with E-state index in [2.05, 4.69) is 10.6 Å². The lowest BCUT2D eigenvalue weighted by atomic mass is 10.2. The van der Waals surface area contributed by atoms with Gasteiger partial charge in [0.1, 0.15) is 6.42 Å². The number of esters is 1. The number of nitrogens with zero attached hydrogens (tertiary/aromatic N) is 1. The monoisotopic (exact) mass is 303 g/mol. The first-order chi connectivity index (χ1) is 10.5. The first kappa shape index (κ1) is 17.2. The van der Waals surface area contributed by atoms with E-state index >= 15 is 0 Å². The van der Waals surface area contributed by atoms with Crippen LogP contribution in [0.2, 0.25) is 0 Å². The maximum Gasteiger partial charge on any atom is 0.338 e. The molecule has 7 nitrogen and oxygen atoms in total. The number of nitrogens with one attached hydrogen (secondary N) is 2. The minimum absolute atomic E-state index is 0.242. The Bertz CT molecular complexity index is 590. The Labute approximate surface area is 128 Å². The van der Waals surface area contributed by atoms with E-state index in [1.807, 2.05) is 0 Å². The number of likely N-dealkylation sites (N-methyl/N-ethyl adjacent to an activating group) is 1. The van der Waals surface area contributed by atoms with Gasteiger partial charge in [0.2, 0.25) is 5.91 Å². The largest absolute Gasteiger partial charge is 0.449 e. The quantitative estimate of drug-likeness (QED) is 0.768. The second-order valence-electron chi connectivity index (χ2n) is 4.40. The van der Waals surface area contributed by atoms with Crippen LogP contribution in [0.1, 0.15) is 30.6 Å². The zero-order valence-electron chi connectivity index (χ0n) is 12.4. The highest BCUT2D eigenvalue weighted by atomic mass is 16.5. The van der Waals surface area contributed by atoms with E-state index in [9.17, 15) is 14.4 Å². The van der Waals surface area contributed by atoms with Crippen molar-refractivity contribution in [3.05, 3.63) is 29.8 Å². The molecule has 0 saturated heterocycles. The van der Waals surface area contributed by atoms with Crippen LogP contribution in [0.5, 0.6) is 0 Å². The van der Waals surface area contributed by atoms with Gasteiger partial charge in [0.05, 0.1) is 11.6 Å². The molecule has 0 aromatic heterocycles. The first-order valence-corrected chi connectivity index (χ1v) is 6.73. The summed E-state index contributed by atoms with van der Waals surface area (Å²) in [5.74, 6) is -1.42. The molecule has 0 spiro atoms. The predicted molar refractivity (Wildman–Crippen MR) is 78.9 cm³/mol. The number of carbonyl (C=O) groups excluding carboxylic acids is 3. The molecule has 1 atom stereocenters. The maximum atomic E-state index is 11.9. The molecule has 0 heterocycles. The second-order valence-corrected chi connectivity index (χ2v) is 4.40. The van der Waals surface area contributed by atoms with E-state index in [0.717, 1.165) is 0 Å². The van der Waals surface area contributed by atoms with E-state index < -0.39 is 18.0 Å². The van der Waals surface area contributed by atoms with Crippen molar-refractivity contribution in [2.45, 2.75) is 26.4 Å². The van der Waals surface area contributed by atoms with Crippen LogP contribution in [0.4, 0.5) is 5.69 Å². The van der Waals surface area contributed by atoms with Crippen LogP contribution in [0.3, 0.4) is 0 Å². The maximum absolute atomic E-state index is 11.9. The predicted octanol–water partition coefficient (Wildman–Crippen LogP) is 1.22. The van der Waals surface area contributed by atoms with Crippen molar-refractivity contribution in [1.82, 2.24) is 5.32 Å². The standard InChI is InChI=1S/C15H17N3O4/c1-3-17-14(20)10(2)22-15(21)11-4-6-12(7-5-11)18-13(19)8-9-16/h4-7,10H,3,8H2,1-2H3,(H,17,20)(H,18,19)/t10-/m0/s1. The molecule has 0 unspecified atom stereocenters. The fourth-order valence-corrected chi connectivity index (χ4v) is 1.57. The lowest BCUT2D eigenvalue weighted by molar-refractivity contribution is -0.129. The van der Waals surface area contributed by atoms with Crippen LogP contribution >= 0.6 is 0 Å². The first-order valence-electron chi connectivity index (χ1n) is 6.73. The third kappa shape index (κ3) is 5.25. The van der Waals surface area contributed by atoms with Crippen LogP contribution in [-0.2, 0) is 14.3 Å². The molecule has 0 bridgehead atoms. The van der Waals surface area contributed by atoms with Gasteiger partial charge in [0, 0.05) is 12.2 Å². The smallest absolute Gasteiger partial charge is 0.338 e. The van der Waals surface area contributed by atoms with E-state index in [-0.39, 0.29) is 17.9 Å². The topological polar surface area (TPSA) is 108 Å². The Morgan fingerprint density at radius 2 is 1.91 bits per heavy atom. The fraction of sp³-hybridized carbons (Fsp3) is 0.333. The molecule has 1 aromatic rings. The number of hydrogen-bond acceptors (Lipinski definition) is 5. The third-order valence-electron chi connectivity index (χ3n) is 2.65. The van der Waals surface area contributed by atoms with Crippen LogP contribution in [0.25, 0.3) is 0 Å². The van der Waals surface area contributed by atoms with Crippen molar-refractivity contribution < 1.29 is 19.1 Å². The molecule has 7 heteroatoms. The lowest BCUT2D eigenvalue weighted by Gasteiger charge is -2.12. The fourth-order valence-electron chi connectivity index (χ4n) is 1.57. The normalized spacial score (nSPS) is 11.0. The van der Waals surface area contributed by atoms with Gasteiger partial charge < -0.3 is 15.4 Å². The number of ether oxygens (including phenoxy) is 1. The molecule has 1 aromatic carbocycles. The Kier molecular flexibility index (Phi) is 6.57. The third-order valence-corrected chi connectivity index (χ3v) is 2.65. The van der Waals surface area contributed by atoms with Gasteiger partial charge in [-0.2, -0.15) is 5.26 Å². The van der Waals surface area contributed by atoms with Crippen LogP contribution < -0.4 is 10.6 Å². The summed E-state index contributed by atoms with van der Waals surface area (Å²) in [6, 6.07) is 7.70. The zero-order valence-corrected chi connectivity index (χ0v) is 12.4. The lowest BCUT2D eigenvalue weighted by Crippen LogP contribution is -2.35. The minimum Gasteiger partial charge on any atom is -0.449 e. The average molecular weight is 303 g/mol. The summed E-state index contributed by atoms with van der Waals surface area (Å²) in [6.07, 6.45) is -1.13. The van der Waals surface area contributed by atoms with Gasteiger partial charge in [-0.05, 0) is 38.1 Å². The van der Waals surface area contributed by atoms with Gasteiger partial charge in [0.15, 0.2) is 6.10 Å². The van der Waals surface area contributed by atoms with Gasteiger partial charge >= 0.3 is 5.97 Å². The van der Waals surface area contributed by atoms with Crippen molar-refractivity contribution in [2.24, 2.45) is 0 Å². The van der Waals surface area contributed by atoms with E-state index in [4.69, 9.17) is 10.00 Å². The summed E-state index contributed by atoms with van der Waals surface area (Å²) >= 11 is 0. The summed E-state index contributed by atoms with van der Waals surface area (Å²) in [7, 11) is 0. The summed E-state index contributed by atoms with van der Waals surface area (Å²) in [4.78, 5) is 34.6. The summed E-state index contributed by atoms with van der Waals surface area (Å²) < 4.78 is 5.03. The Hall–Kier alpha value is -2.88. The summed E-state index contributed by atoms with van der Waals surface area (Å²) in [5.41, 5.74) is 0.725. The molecular weight excluding hydrogens is 286 g/mol. The number of carbonyl (C=O) groups is 3. The number of anilines is 1. The molecule has 0 aliphatic heterocycles. The van der Waals surface area contributed by atoms with E-state index in [1.54, 1.807) is 13.0 Å². The van der Waals surface area contributed by atoms with Gasteiger partial charge in [0.25, 0.3) is 5.91 Å². The molecule has 0 aliphatic carbocycles. The van der Waals surface area contributed by atoms with E-state index in [1.165, 1.54) is 31.2 Å². The van der Waals surface area contributed by atoms with Crippen LogP contribution in [0, 0.1) is 11.3 Å². The van der Waals surface area contributed by atoms with Gasteiger partial charge in [-0.1, -0.05) is 0 Å². The molecule has 0 saturated carbocycles. The van der Waals surface area contributed by atoms with Gasteiger partial charge in [-0.25, -0.2) is 4.79 Å². The highest BCUT2D eigenvalue weighted by molar-refractivity contribution is 5.94. The van der Waals surface area contributed by atoms with Crippen molar-refractivity contribution in [3.8, 4) is 6.07 Å². The highest BCUT2D eigenvalue weighted by Gasteiger charge is 2.18. The van der Waals surface area contributed by atoms with Crippen molar-refractivity contribution in [3.63, 3.8) is 0 Å². The number of rotatable bonds is 6. The molecule has 0 fully saturated rings. The summed E-state index contributed by atoms with van der Waals surface area (Å²) in [5, 5.41) is 13.5.